The molecule has 0 aromatic heterocycles. The van der Waals surface area contributed by atoms with Crippen LogP contribution in [0.4, 0.5) is 0 Å². The molecule has 7 rings (SSSR count). The molecule has 3 aliphatic heterocycles. The van der Waals surface area contributed by atoms with Gasteiger partial charge in [0, 0.05) is 24.3 Å². The normalized spacial score (nSPS) is 53.9. The number of cyclic esters (lactones) is 1. The van der Waals surface area contributed by atoms with E-state index < -0.39 is 28.7 Å². The van der Waals surface area contributed by atoms with Gasteiger partial charge in [0.1, 0.15) is 19.0 Å². The van der Waals surface area contributed by atoms with Crippen LogP contribution in [0.25, 0.3) is 0 Å². The molecule has 2 N–H and O–H groups in total. The number of carbonyl (C=O) groups excluding carboxylic acids is 2. The highest BCUT2D eigenvalue weighted by Gasteiger charge is 2.71. The van der Waals surface area contributed by atoms with Crippen molar-refractivity contribution in [2.24, 2.45) is 28.6 Å². The van der Waals surface area contributed by atoms with Crippen LogP contribution in [0.3, 0.4) is 0 Å². The number of hydrogen-bond donors (Lipinski definition) is 2. The van der Waals surface area contributed by atoms with E-state index in [1.807, 2.05) is 20.8 Å². The summed E-state index contributed by atoms with van der Waals surface area (Å²) in [5.74, 6) is -1.02. The molecule has 0 radical (unpaired) electrons. The van der Waals surface area contributed by atoms with Crippen LogP contribution in [-0.2, 0) is 33.3 Å². The summed E-state index contributed by atoms with van der Waals surface area (Å²) in [4.78, 5) is 24.9. The number of esters is 1. The van der Waals surface area contributed by atoms with Gasteiger partial charge in [0.05, 0.1) is 34.9 Å². The summed E-state index contributed by atoms with van der Waals surface area (Å²) in [5, 5.41) is 24.7. The van der Waals surface area contributed by atoms with E-state index in [1.54, 1.807) is 6.08 Å². The minimum absolute atomic E-state index is 0.0739. The largest absolute Gasteiger partial charge is 0.458 e. The minimum Gasteiger partial charge on any atom is -0.458 e. The van der Waals surface area contributed by atoms with Crippen LogP contribution in [0.15, 0.2) is 11.6 Å². The molecule has 9 nitrogen and oxygen atoms in total. The molecular weight excluding hydrogens is 528 g/mol. The van der Waals surface area contributed by atoms with Gasteiger partial charge in [0.2, 0.25) is 0 Å². The quantitative estimate of drug-likeness (QED) is 0.295. The van der Waals surface area contributed by atoms with Crippen molar-refractivity contribution in [3.05, 3.63) is 11.6 Å². The molecular formula is C32H46O9. The first kappa shape index (κ1) is 28.4. The van der Waals surface area contributed by atoms with Gasteiger partial charge in [-0.15, -0.1) is 0 Å². The van der Waals surface area contributed by atoms with Gasteiger partial charge in [-0.25, -0.2) is 4.79 Å². The lowest BCUT2D eigenvalue weighted by atomic mass is 9.41. The molecule has 0 aromatic rings. The molecule has 3 heterocycles. The zero-order valence-corrected chi connectivity index (χ0v) is 24.8. The third-order valence-corrected chi connectivity index (χ3v) is 12.7. The molecule has 9 heteroatoms. The molecule has 228 valence electrons. The monoisotopic (exact) mass is 574 g/mol. The molecule has 0 aromatic carbocycles. The Hall–Kier alpha value is -1.36. The van der Waals surface area contributed by atoms with Crippen molar-refractivity contribution in [3.8, 4) is 0 Å². The highest BCUT2D eigenvalue weighted by atomic mass is 16.8. The summed E-state index contributed by atoms with van der Waals surface area (Å²) in [6.45, 7) is 8.28. The molecule has 0 unspecified atom stereocenters. The van der Waals surface area contributed by atoms with E-state index in [1.165, 1.54) is 0 Å². The van der Waals surface area contributed by atoms with E-state index in [4.69, 9.17) is 23.7 Å². The Balaban J connectivity index is 1.08. The van der Waals surface area contributed by atoms with Crippen molar-refractivity contribution in [1.82, 2.24) is 0 Å². The SMILES string of the molecule is C[C@@H]1O[C@H](O[C@@H]2CC[C@]3(C=O)[C@H]4CC[C@]5(C)[C@H](C6=CC(=O)OC6)CC[C@]5(O)[C@@H]4CC[C@]3(O)C2)C[C@@H]2OC(C)(C)O[C@H]12. The molecule has 4 saturated carbocycles. The second-order valence-corrected chi connectivity index (χ2v) is 14.9. The van der Waals surface area contributed by atoms with Gasteiger partial charge in [-0.3, -0.25) is 0 Å². The van der Waals surface area contributed by atoms with Crippen molar-refractivity contribution in [1.29, 1.82) is 0 Å². The first-order valence-electron chi connectivity index (χ1n) is 15.8. The molecule has 12 atom stereocenters. The highest BCUT2D eigenvalue weighted by molar-refractivity contribution is 5.85. The van der Waals surface area contributed by atoms with Gasteiger partial charge in [0.25, 0.3) is 0 Å². The molecule has 0 amide bonds. The molecule has 0 spiro atoms. The number of aliphatic hydroxyl groups is 2. The van der Waals surface area contributed by atoms with Crippen LogP contribution in [0.2, 0.25) is 0 Å². The first-order chi connectivity index (χ1) is 19.3. The van der Waals surface area contributed by atoms with E-state index in [0.29, 0.717) is 51.6 Å². The van der Waals surface area contributed by atoms with Crippen molar-refractivity contribution in [2.75, 3.05) is 6.61 Å². The van der Waals surface area contributed by atoms with Crippen LogP contribution in [-0.4, -0.2) is 76.8 Å². The van der Waals surface area contributed by atoms with Gasteiger partial charge in [-0.1, -0.05) is 6.92 Å². The summed E-state index contributed by atoms with van der Waals surface area (Å²) in [7, 11) is 0. The summed E-state index contributed by atoms with van der Waals surface area (Å²) >= 11 is 0. The Kier molecular flexibility index (Phi) is 6.46. The summed E-state index contributed by atoms with van der Waals surface area (Å²) in [5.41, 5.74) is -2.44. The Morgan fingerprint density at radius 2 is 1.78 bits per heavy atom. The van der Waals surface area contributed by atoms with Crippen LogP contribution in [0, 0.1) is 28.6 Å². The maximum Gasteiger partial charge on any atom is 0.331 e. The molecule has 7 aliphatic rings. The van der Waals surface area contributed by atoms with Crippen LogP contribution >= 0.6 is 0 Å². The maximum absolute atomic E-state index is 13.1. The van der Waals surface area contributed by atoms with E-state index in [0.717, 1.165) is 31.1 Å². The van der Waals surface area contributed by atoms with Crippen LogP contribution in [0.5, 0.6) is 0 Å². The smallest absolute Gasteiger partial charge is 0.331 e. The van der Waals surface area contributed by atoms with Gasteiger partial charge in [-0.2, -0.15) is 0 Å². The summed E-state index contributed by atoms with van der Waals surface area (Å²) in [6, 6.07) is 0. The zero-order chi connectivity index (χ0) is 29.0. The Labute approximate surface area is 242 Å². The number of aldehydes is 1. The van der Waals surface area contributed by atoms with E-state index in [2.05, 4.69) is 6.92 Å². The van der Waals surface area contributed by atoms with Gasteiger partial charge in [-0.05, 0) is 95.5 Å². The lowest BCUT2D eigenvalue weighted by Gasteiger charge is -2.65. The van der Waals surface area contributed by atoms with Gasteiger partial charge >= 0.3 is 5.97 Å². The summed E-state index contributed by atoms with van der Waals surface area (Å²) < 4.78 is 30.0. The zero-order valence-electron chi connectivity index (χ0n) is 24.8. The van der Waals surface area contributed by atoms with E-state index in [9.17, 15) is 19.8 Å². The second kappa shape index (κ2) is 9.32. The second-order valence-electron chi connectivity index (χ2n) is 14.9. The number of carbonyl (C=O) groups is 2. The molecule has 4 aliphatic carbocycles. The topological polar surface area (TPSA) is 121 Å². The fraction of sp³-hybridized carbons (Fsp3) is 0.875. The molecule has 0 bridgehead atoms. The highest BCUT2D eigenvalue weighted by Crippen LogP contribution is 2.70. The molecule has 6 fully saturated rings. The van der Waals surface area contributed by atoms with Crippen molar-refractivity contribution < 1.29 is 43.5 Å². The predicted molar refractivity (Wildman–Crippen MR) is 145 cm³/mol. The third-order valence-electron chi connectivity index (χ3n) is 12.7. The van der Waals surface area contributed by atoms with Crippen LogP contribution in [0.1, 0.15) is 91.9 Å². The Morgan fingerprint density at radius 3 is 2.51 bits per heavy atom. The number of ether oxygens (including phenoxy) is 5. The van der Waals surface area contributed by atoms with Gasteiger partial charge < -0.3 is 38.7 Å². The fourth-order valence-corrected chi connectivity index (χ4v) is 10.7. The minimum atomic E-state index is -1.19. The number of hydrogen-bond acceptors (Lipinski definition) is 9. The predicted octanol–water partition coefficient (Wildman–Crippen LogP) is 3.58. The Morgan fingerprint density at radius 1 is 1.00 bits per heavy atom. The maximum atomic E-state index is 13.1. The first-order valence-corrected chi connectivity index (χ1v) is 15.8. The van der Waals surface area contributed by atoms with Crippen molar-refractivity contribution in [3.63, 3.8) is 0 Å². The molecule has 2 saturated heterocycles. The van der Waals surface area contributed by atoms with E-state index in [-0.39, 0.29) is 53.6 Å². The lowest BCUT2D eigenvalue weighted by Crippen LogP contribution is -2.69. The summed E-state index contributed by atoms with van der Waals surface area (Å²) in [6.07, 6.45) is 7.78. The fourth-order valence-electron chi connectivity index (χ4n) is 10.7. The van der Waals surface area contributed by atoms with E-state index >= 15 is 0 Å². The third kappa shape index (κ3) is 4.02. The lowest BCUT2D eigenvalue weighted by molar-refractivity contribution is -0.278. The van der Waals surface area contributed by atoms with Crippen LogP contribution < -0.4 is 0 Å². The number of rotatable bonds is 4. The number of fused-ring (bicyclic) bond motifs is 6. The molecule has 41 heavy (non-hydrogen) atoms. The Bertz CT molecular complexity index is 1140. The standard InChI is InChI=1S/C32H46O9/c1-18-27-24(40-28(2,3)41-27)14-26(38-18)39-20-5-10-30(17-33)22-6-9-29(4)21(19-13-25(34)37-16-19)8-12-32(29,36)23(22)7-11-31(30,35)15-20/h13,17-18,20-24,26-27,35-36H,5-12,14-16H2,1-4H3/t18-,20+,21-,22-,23+,24-,26+,27+,29+,30-,31-,32-/m0/s1. The van der Waals surface area contributed by atoms with Crippen molar-refractivity contribution in [2.45, 2.75) is 140 Å². The average Bonchev–Trinajstić information content (AvgIpc) is 3.55. The van der Waals surface area contributed by atoms with Gasteiger partial charge in [0.15, 0.2) is 12.1 Å². The van der Waals surface area contributed by atoms with Crippen molar-refractivity contribution >= 4 is 12.3 Å². The average molecular weight is 575 g/mol.